The fourth-order valence-electron chi connectivity index (χ4n) is 3.77. The number of benzene rings is 1. The number of carbonyl (C=O) groups is 1. The Morgan fingerprint density at radius 3 is 2.59 bits per heavy atom. The van der Waals surface area contributed by atoms with Crippen molar-refractivity contribution < 1.29 is 4.79 Å². The summed E-state index contributed by atoms with van der Waals surface area (Å²) in [5, 5.41) is 0. The lowest BCUT2D eigenvalue weighted by molar-refractivity contribution is -0.122. The number of carbonyl (C=O) groups excluding carboxylic acids is 1. The maximum absolute atomic E-state index is 11.8. The van der Waals surface area contributed by atoms with Gasteiger partial charge < -0.3 is 0 Å². The number of hydrogen-bond donors (Lipinski definition) is 0. The first-order valence-corrected chi connectivity index (χ1v) is 10.6. The minimum absolute atomic E-state index is 0.155. The van der Waals surface area contributed by atoms with Gasteiger partial charge in [0.15, 0.2) is 0 Å². The van der Waals surface area contributed by atoms with Crippen molar-refractivity contribution in [3.05, 3.63) is 60.2 Å². The van der Waals surface area contributed by atoms with E-state index in [0.717, 1.165) is 56.9 Å². The van der Waals surface area contributed by atoms with Gasteiger partial charge in [-0.05, 0) is 56.1 Å². The second-order valence-corrected chi connectivity index (χ2v) is 7.72. The largest absolute Gasteiger partial charge is 0.299 e. The first-order chi connectivity index (χ1) is 13.2. The highest BCUT2D eigenvalue weighted by atomic mass is 16.1. The van der Waals surface area contributed by atoms with Crippen LogP contribution in [0.1, 0.15) is 77.2 Å². The lowest BCUT2D eigenvalue weighted by atomic mass is 9.75. The molecule has 1 unspecified atom stereocenters. The van der Waals surface area contributed by atoms with Crippen molar-refractivity contribution in [2.24, 2.45) is 11.3 Å². The Hall–Kier alpha value is -2.07. The predicted octanol–water partition coefficient (Wildman–Crippen LogP) is 6.89. The van der Waals surface area contributed by atoms with Crippen LogP contribution in [-0.4, -0.2) is 5.78 Å². The maximum atomic E-state index is 11.8. The van der Waals surface area contributed by atoms with Crippen LogP contribution in [0.4, 0.5) is 0 Å². The molecule has 0 aromatic heterocycles. The van der Waals surface area contributed by atoms with Crippen LogP contribution in [0.2, 0.25) is 0 Å². The van der Waals surface area contributed by atoms with E-state index in [9.17, 15) is 4.79 Å². The molecule has 2 rings (SSSR count). The molecule has 0 N–H and O–H groups in total. The zero-order valence-electron chi connectivity index (χ0n) is 17.0. The van der Waals surface area contributed by atoms with Gasteiger partial charge in [-0.2, -0.15) is 0 Å². The van der Waals surface area contributed by atoms with Crippen molar-refractivity contribution in [1.82, 2.24) is 0 Å². The lowest BCUT2D eigenvalue weighted by Gasteiger charge is -2.29. The van der Waals surface area contributed by atoms with E-state index in [2.05, 4.69) is 62.1 Å². The van der Waals surface area contributed by atoms with Crippen molar-refractivity contribution in [3.63, 3.8) is 0 Å². The summed E-state index contributed by atoms with van der Waals surface area (Å²) in [6.45, 7) is 4.57. The normalized spacial score (nSPS) is 18.0. The summed E-state index contributed by atoms with van der Waals surface area (Å²) in [7, 11) is 0. The standard InChI is InChI=1S/C26H34O/c1-3-26(4-2,22-14-17-23-15-8-7-9-16-23)21-13-6-5-10-18-24-19-11-12-20-25(24)27/h5-10,15-16,18,24H,3-4,11-13,19-22H2,1-2H3/b6-5+,18-10+. The molecule has 1 saturated carbocycles. The van der Waals surface area contributed by atoms with Crippen LogP contribution in [0, 0.1) is 23.2 Å². The summed E-state index contributed by atoms with van der Waals surface area (Å²) in [6, 6.07) is 10.2. The lowest BCUT2D eigenvalue weighted by Crippen LogP contribution is -2.17. The molecular weight excluding hydrogens is 328 g/mol. The van der Waals surface area contributed by atoms with E-state index in [1.54, 1.807) is 0 Å². The van der Waals surface area contributed by atoms with E-state index < -0.39 is 0 Å². The predicted molar refractivity (Wildman–Crippen MR) is 115 cm³/mol. The molecule has 0 bridgehead atoms. The molecule has 1 fully saturated rings. The third-order valence-electron chi connectivity index (χ3n) is 6.00. The molecule has 0 aliphatic heterocycles. The first kappa shape index (κ1) is 21.2. The molecule has 1 atom stereocenters. The second-order valence-electron chi connectivity index (χ2n) is 7.72. The van der Waals surface area contributed by atoms with E-state index in [4.69, 9.17) is 0 Å². The summed E-state index contributed by atoms with van der Waals surface area (Å²) in [5.41, 5.74) is 1.40. The number of allylic oxidation sites excluding steroid dienone is 4. The molecule has 1 heteroatoms. The Labute approximate surface area is 166 Å². The molecule has 1 aliphatic carbocycles. The van der Waals surface area contributed by atoms with Crippen LogP contribution in [0.25, 0.3) is 0 Å². The van der Waals surface area contributed by atoms with Crippen LogP contribution in [0.15, 0.2) is 54.6 Å². The Balaban J connectivity index is 1.82. The van der Waals surface area contributed by atoms with Gasteiger partial charge in [0.1, 0.15) is 5.78 Å². The fraction of sp³-hybridized carbons (Fsp3) is 0.500. The van der Waals surface area contributed by atoms with Gasteiger partial charge in [0.2, 0.25) is 0 Å². The number of ketones is 1. The summed E-state index contributed by atoms with van der Waals surface area (Å²) in [5.74, 6) is 7.30. The Kier molecular flexibility index (Phi) is 9.12. The monoisotopic (exact) mass is 362 g/mol. The third-order valence-corrected chi connectivity index (χ3v) is 6.00. The summed E-state index contributed by atoms with van der Waals surface area (Å²) in [4.78, 5) is 11.8. The molecule has 0 radical (unpaired) electrons. The number of hydrogen-bond acceptors (Lipinski definition) is 1. The average Bonchev–Trinajstić information content (AvgIpc) is 2.71. The molecule has 0 saturated heterocycles. The third kappa shape index (κ3) is 7.22. The fourth-order valence-corrected chi connectivity index (χ4v) is 3.77. The Morgan fingerprint density at radius 2 is 1.89 bits per heavy atom. The van der Waals surface area contributed by atoms with E-state index in [1.165, 1.54) is 6.42 Å². The quantitative estimate of drug-likeness (QED) is 0.363. The van der Waals surface area contributed by atoms with Gasteiger partial charge in [0, 0.05) is 24.3 Å². The van der Waals surface area contributed by atoms with Crippen LogP contribution in [0.5, 0.6) is 0 Å². The Morgan fingerprint density at radius 1 is 1.11 bits per heavy atom. The highest BCUT2D eigenvalue weighted by Crippen LogP contribution is 2.35. The van der Waals surface area contributed by atoms with Crippen LogP contribution in [-0.2, 0) is 4.79 Å². The van der Waals surface area contributed by atoms with Crippen molar-refractivity contribution in [2.75, 3.05) is 0 Å². The van der Waals surface area contributed by atoms with Gasteiger partial charge in [0.05, 0.1) is 0 Å². The zero-order valence-corrected chi connectivity index (χ0v) is 17.0. The van der Waals surface area contributed by atoms with E-state index >= 15 is 0 Å². The number of Topliss-reactive ketones (excluding diaryl/α,β-unsaturated/α-hetero) is 1. The molecule has 1 aromatic carbocycles. The van der Waals surface area contributed by atoms with E-state index in [1.807, 2.05) is 18.2 Å². The molecule has 1 aromatic rings. The van der Waals surface area contributed by atoms with E-state index in [-0.39, 0.29) is 5.92 Å². The van der Waals surface area contributed by atoms with Crippen molar-refractivity contribution in [1.29, 1.82) is 0 Å². The molecular formula is C26H34O. The van der Waals surface area contributed by atoms with Gasteiger partial charge in [-0.15, -0.1) is 0 Å². The average molecular weight is 363 g/mol. The molecule has 1 aliphatic rings. The first-order valence-electron chi connectivity index (χ1n) is 10.6. The molecule has 1 nitrogen and oxygen atoms in total. The van der Waals surface area contributed by atoms with Crippen molar-refractivity contribution in [3.8, 4) is 11.8 Å². The van der Waals surface area contributed by atoms with Crippen LogP contribution < -0.4 is 0 Å². The van der Waals surface area contributed by atoms with Gasteiger partial charge >= 0.3 is 0 Å². The molecule has 0 spiro atoms. The summed E-state index contributed by atoms with van der Waals surface area (Å²) < 4.78 is 0. The maximum Gasteiger partial charge on any atom is 0.139 e. The second kappa shape index (κ2) is 11.6. The highest BCUT2D eigenvalue weighted by molar-refractivity contribution is 5.83. The smallest absolute Gasteiger partial charge is 0.139 e. The molecule has 0 amide bonds. The van der Waals surface area contributed by atoms with Gasteiger partial charge in [-0.3, -0.25) is 4.79 Å². The minimum atomic E-state index is 0.155. The Bertz CT molecular complexity index is 680. The van der Waals surface area contributed by atoms with Gasteiger partial charge in [0.25, 0.3) is 0 Å². The number of rotatable bonds is 8. The minimum Gasteiger partial charge on any atom is -0.299 e. The molecule has 0 heterocycles. The highest BCUT2D eigenvalue weighted by Gasteiger charge is 2.24. The summed E-state index contributed by atoms with van der Waals surface area (Å²) in [6.07, 6.45) is 18.1. The molecule has 144 valence electrons. The van der Waals surface area contributed by atoms with Gasteiger partial charge in [-0.1, -0.05) is 74.6 Å². The molecule has 27 heavy (non-hydrogen) atoms. The van der Waals surface area contributed by atoms with Crippen LogP contribution in [0.3, 0.4) is 0 Å². The van der Waals surface area contributed by atoms with Crippen molar-refractivity contribution >= 4 is 5.78 Å². The summed E-state index contributed by atoms with van der Waals surface area (Å²) >= 11 is 0. The van der Waals surface area contributed by atoms with E-state index in [0.29, 0.717) is 11.2 Å². The topological polar surface area (TPSA) is 17.1 Å². The van der Waals surface area contributed by atoms with Crippen LogP contribution >= 0.6 is 0 Å². The van der Waals surface area contributed by atoms with Gasteiger partial charge in [-0.25, -0.2) is 0 Å². The van der Waals surface area contributed by atoms with Crippen molar-refractivity contribution in [2.45, 2.75) is 71.6 Å². The SMILES string of the molecule is CCC(CC)(CC#Cc1ccccc1)CC/C=C/C=C/C1CCCCC1=O. The zero-order chi connectivity index (χ0) is 19.4.